The summed E-state index contributed by atoms with van der Waals surface area (Å²) in [6, 6.07) is 0. The van der Waals surface area contributed by atoms with E-state index in [1.165, 1.54) is 0 Å². The smallest absolute Gasteiger partial charge is 0.164 e. The summed E-state index contributed by atoms with van der Waals surface area (Å²) in [5, 5.41) is 9.04. The Kier molecular flexibility index (Phi) is 2.11. The van der Waals surface area contributed by atoms with Crippen LogP contribution in [0.3, 0.4) is 0 Å². The van der Waals surface area contributed by atoms with Crippen LogP contribution in [0.2, 0.25) is 0 Å². The molecule has 0 spiro atoms. The molecule has 2 saturated heterocycles. The molecule has 2 aliphatic heterocycles. The first kappa shape index (κ1) is 9.40. The first-order valence-electron chi connectivity index (χ1n) is 4.65. The van der Waals surface area contributed by atoms with Crippen LogP contribution in [-0.2, 0) is 14.2 Å². The lowest BCUT2D eigenvalue weighted by atomic mass is 10.1. The van der Waals surface area contributed by atoms with Crippen LogP contribution in [0, 0.1) is 0 Å². The molecule has 1 N–H and O–H groups in total. The topological polar surface area (TPSA) is 47.9 Å². The van der Waals surface area contributed by atoms with E-state index < -0.39 is 5.79 Å². The molecule has 2 rings (SSSR count). The highest BCUT2D eigenvalue weighted by Gasteiger charge is 2.53. The Balaban J connectivity index is 2.12. The first-order chi connectivity index (χ1) is 6.03. The maximum atomic E-state index is 9.04. The number of rotatable bonds is 1. The van der Waals surface area contributed by atoms with E-state index in [4.69, 9.17) is 19.3 Å². The van der Waals surface area contributed by atoms with Crippen LogP contribution in [0.15, 0.2) is 0 Å². The zero-order chi connectivity index (χ0) is 9.64. The summed E-state index contributed by atoms with van der Waals surface area (Å²) in [5.41, 5.74) is 0. The van der Waals surface area contributed by atoms with Crippen molar-refractivity contribution in [1.29, 1.82) is 0 Å². The molecule has 0 aliphatic carbocycles. The van der Waals surface area contributed by atoms with Crippen molar-refractivity contribution in [2.24, 2.45) is 0 Å². The molecule has 13 heavy (non-hydrogen) atoms. The average molecular weight is 188 g/mol. The number of aliphatic hydroxyl groups is 1. The summed E-state index contributed by atoms with van der Waals surface area (Å²) in [7, 11) is 0. The van der Waals surface area contributed by atoms with Crippen LogP contribution >= 0.6 is 0 Å². The molecule has 0 amide bonds. The number of aliphatic hydroxyl groups excluding tert-OH is 1. The molecule has 0 unspecified atom stereocenters. The van der Waals surface area contributed by atoms with Crippen LogP contribution in [0.25, 0.3) is 0 Å². The number of ether oxygens (including phenoxy) is 3. The second kappa shape index (κ2) is 2.92. The number of hydrogen-bond acceptors (Lipinski definition) is 4. The molecule has 76 valence electrons. The Labute approximate surface area is 77.8 Å². The molecule has 4 nitrogen and oxygen atoms in total. The maximum Gasteiger partial charge on any atom is 0.164 e. The van der Waals surface area contributed by atoms with Gasteiger partial charge in [0.15, 0.2) is 5.79 Å². The van der Waals surface area contributed by atoms with E-state index >= 15 is 0 Å². The number of fused-ring (bicyclic) bond motifs is 1. The third kappa shape index (κ3) is 1.48. The fraction of sp³-hybridized carbons (Fsp3) is 1.00. The highest BCUT2D eigenvalue weighted by molar-refractivity contribution is 4.96. The van der Waals surface area contributed by atoms with Gasteiger partial charge in [0.2, 0.25) is 0 Å². The van der Waals surface area contributed by atoms with Gasteiger partial charge in [-0.15, -0.1) is 0 Å². The lowest BCUT2D eigenvalue weighted by molar-refractivity contribution is -0.188. The van der Waals surface area contributed by atoms with Gasteiger partial charge in [-0.3, -0.25) is 0 Å². The predicted molar refractivity (Wildman–Crippen MR) is 45.2 cm³/mol. The monoisotopic (exact) mass is 188 g/mol. The Morgan fingerprint density at radius 3 is 2.46 bits per heavy atom. The lowest BCUT2D eigenvalue weighted by Crippen LogP contribution is -2.31. The summed E-state index contributed by atoms with van der Waals surface area (Å²) in [4.78, 5) is 0. The van der Waals surface area contributed by atoms with E-state index in [1.807, 2.05) is 20.8 Å². The standard InChI is InChI=1S/C9H16O4/c1-5-7-8(6(4-10)11-5)13-9(2,3)12-7/h5-8,10H,4H2,1-3H3/t5-,6-,7+,8-/m0/s1. The zero-order valence-corrected chi connectivity index (χ0v) is 8.19. The molecular weight excluding hydrogens is 172 g/mol. The molecule has 0 radical (unpaired) electrons. The van der Waals surface area contributed by atoms with Crippen LogP contribution < -0.4 is 0 Å². The van der Waals surface area contributed by atoms with Gasteiger partial charge in [-0.25, -0.2) is 0 Å². The minimum atomic E-state index is -0.541. The van der Waals surface area contributed by atoms with Gasteiger partial charge in [-0.1, -0.05) is 0 Å². The molecular formula is C9H16O4. The van der Waals surface area contributed by atoms with E-state index in [-0.39, 0.29) is 31.0 Å². The fourth-order valence-corrected chi connectivity index (χ4v) is 2.05. The van der Waals surface area contributed by atoms with Gasteiger partial charge in [0.1, 0.15) is 18.3 Å². The van der Waals surface area contributed by atoms with E-state index in [9.17, 15) is 0 Å². The van der Waals surface area contributed by atoms with Crippen molar-refractivity contribution in [3.8, 4) is 0 Å². The second-order valence-electron chi connectivity index (χ2n) is 4.13. The third-order valence-corrected chi connectivity index (χ3v) is 2.56. The Bertz CT molecular complexity index is 204. The second-order valence-corrected chi connectivity index (χ2v) is 4.13. The predicted octanol–water partition coefficient (Wildman–Crippen LogP) is 0.286. The molecule has 2 fully saturated rings. The zero-order valence-electron chi connectivity index (χ0n) is 8.19. The minimum Gasteiger partial charge on any atom is -0.394 e. The molecule has 2 heterocycles. The molecule has 4 heteroatoms. The van der Waals surface area contributed by atoms with Gasteiger partial charge < -0.3 is 19.3 Å². The van der Waals surface area contributed by atoms with Crippen molar-refractivity contribution < 1.29 is 19.3 Å². The van der Waals surface area contributed by atoms with Gasteiger partial charge in [0, 0.05) is 0 Å². The Morgan fingerprint density at radius 2 is 1.85 bits per heavy atom. The fourth-order valence-electron chi connectivity index (χ4n) is 2.05. The van der Waals surface area contributed by atoms with Crippen LogP contribution in [-0.4, -0.2) is 41.9 Å². The van der Waals surface area contributed by atoms with Crippen molar-refractivity contribution in [1.82, 2.24) is 0 Å². The van der Waals surface area contributed by atoms with Crippen molar-refractivity contribution >= 4 is 0 Å². The molecule has 0 aromatic rings. The largest absolute Gasteiger partial charge is 0.394 e. The molecule has 2 aliphatic rings. The van der Waals surface area contributed by atoms with Crippen molar-refractivity contribution in [3.63, 3.8) is 0 Å². The SMILES string of the molecule is C[C@@H]1O[C@@H](CO)[C@@H]2OC(C)(C)O[C@@H]21. The highest BCUT2D eigenvalue weighted by atomic mass is 16.8. The lowest BCUT2D eigenvalue weighted by Gasteiger charge is -2.22. The van der Waals surface area contributed by atoms with Crippen molar-refractivity contribution in [2.45, 2.75) is 51.0 Å². The molecule has 0 saturated carbocycles. The Morgan fingerprint density at radius 1 is 1.23 bits per heavy atom. The molecule has 0 bridgehead atoms. The average Bonchev–Trinajstić information content (AvgIpc) is 2.47. The summed E-state index contributed by atoms with van der Waals surface area (Å²) in [6.07, 6.45) is -0.382. The Hall–Kier alpha value is -0.160. The first-order valence-corrected chi connectivity index (χ1v) is 4.65. The quantitative estimate of drug-likeness (QED) is 0.642. The molecule has 0 aromatic carbocycles. The summed E-state index contributed by atoms with van der Waals surface area (Å²) in [5.74, 6) is -0.541. The van der Waals surface area contributed by atoms with Gasteiger partial charge in [0.05, 0.1) is 12.7 Å². The third-order valence-electron chi connectivity index (χ3n) is 2.56. The van der Waals surface area contributed by atoms with E-state index in [0.29, 0.717) is 0 Å². The van der Waals surface area contributed by atoms with E-state index in [1.54, 1.807) is 0 Å². The maximum absolute atomic E-state index is 9.04. The van der Waals surface area contributed by atoms with Crippen molar-refractivity contribution in [3.05, 3.63) is 0 Å². The molecule has 4 atom stereocenters. The van der Waals surface area contributed by atoms with Crippen LogP contribution in [0.4, 0.5) is 0 Å². The van der Waals surface area contributed by atoms with Crippen LogP contribution in [0.1, 0.15) is 20.8 Å². The summed E-state index contributed by atoms with van der Waals surface area (Å²) >= 11 is 0. The van der Waals surface area contributed by atoms with Crippen molar-refractivity contribution in [2.75, 3.05) is 6.61 Å². The molecule has 0 aromatic heterocycles. The van der Waals surface area contributed by atoms with E-state index in [0.717, 1.165) is 0 Å². The van der Waals surface area contributed by atoms with Crippen LogP contribution in [0.5, 0.6) is 0 Å². The van der Waals surface area contributed by atoms with E-state index in [2.05, 4.69) is 0 Å². The van der Waals surface area contributed by atoms with Gasteiger partial charge >= 0.3 is 0 Å². The number of hydrogen-bond donors (Lipinski definition) is 1. The summed E-state index contributed by atoms with van der Waals surface area (Å²) in [6.45, 7) is 5.70. The highest BCUT2D eigenvalue weighted by Crippen LogP contribution is 2.38. The minimum absolute atomic E-state index is 0.00363. The van der Waals surface area contributed by atoms with Gasteiger partial charge in [-0.2, -0.15) is 0 Å². The van der Waals surface area contributed by atoms with Gasteiger partial charge in [-0.05, 0) is 20.8 Å². The summed E-state index contributed by atoms with van der Waals surface area (Å²) < 4.78 is 16.8. The normalized spacial score (nSPS) is 48.0. The van der Waals surface area contributed by atoms with Gasteiger partial charge in [0.25, 0.3) is 0 Å².